The molecule has 3 heterocycles. The Labute approximate surface area is 140 Å². The Morgan fingerprint density at radius 3 is 2.86 bits per heavy atom. The maximum atomic E-state index is 12.2. The van der Waals surface area contributed by atoms with Crippen LogP contribution in [0.4, 0.5) is 4.79 Å². The first-order valence-corrected chi connectivity index (χ1v) is 9.25. The predicted octanol–water partition coefficient (Wildman–Crippen LogP) is 2.72. The summed E-state index contributed by atoms with van der Waals surface area (Å²) in [4.78, 5) is 18.3. The molecule has 0 saturated carbocycles. The lowest BCUT2D eigenvalue weighted by atomic mass is 9.80. The molecule has 3 rings (SSSR count). The van der Waals surface area contributed by atoms with Gasteiger partial charge in [-0.2, -0.15) is 0 Å². The van der Waals surface area contributed by atoms with Gasteiger partial charge in [0, 0.05) is 13.1 Å². The number of thiazole rings is 1. The first-order chi connectivity index (χ1) is 10.7. The molecular formula is C15H23ClN4OS. The number of hydrogen-bond acceptors (Lipinski definition) is 4. The number of aromatic nitrogens is 1. The molecule has 0 radical (unpaired) electrons. The largest absolute Gasteiger partial charge is 0.331 e. The Hall–Kier alpha value is -0.850. The number of halogens is 1. The fourth-order valence-corrected chi connectivity index (χ4v) is 4.38. The highest BCUT2D eigenvalue weighted by Crippen LogP contribution is 2.29. The zero-order valence-corrected chi connectivity index (χ0v) is 14.3. The Kier molecular flexibility index (Phi) is 5.55. The van der Waals surface area contributed by atoms with Gasteiger partial charge in [0.25, 0.3) is 0 Å². The third-order valence-corrected chi connectivity index (χ3v) is 5.86. The van der Waals surface area contributed by atoms with E-state index in [4.69, 9.17) is 11.6 Å². The van der Waals surface area contributed by atoms with Crippen LogP contribution in [0, 0.1) is 11.8 Å². The standard InChI is InChI=1S/C15H23ClN4OS/c16-13-9-18-14(22-13)10-19-15(21)20-6-3-11(4-7-20)12-2-1-5-17-8-12/h9,11-12,17H,1-8,10H2,(H,19,21). The van der Waals surface area contributed by atoms with Gasteiger partial charge in [-0.25, -0.2) is 9.78 Å². The smallest absolute Gasteiger partial charge is 0.317 e. The van der Waals surface area contributed by atoms with Gasteiger partial charge in [-0.3, -0.25) is 0 Å². The highest BCUT2D eigenvalue weighted by molar-refractivity contribution is 7.15. The number of amides is 2. The molecule has 2 fully saturated rings. The van der Waals surface area contributed by atoms with Crippen molar-refractivity contribution in [3.8, 4) is 0 Å². The maximum Gasteiger partial charge on any atom is 0.317 e. The number of nitrogens with one attached hydrogen (secondary N) is 2. The van der Waals surface area contributed by atoms with Crippen LogP contribution in [0.5, 0.6) is 0 Å². The molecule has 0 aromatic carbocycles. The van der Waals surface area contributed by atoms with Crippen molar-refractivity contribution in [2.75, 3.05) is 26.2 Å². The SMILES string of the molecule is O=C(NCc1ncc(Cl)s1)N1CCC(C2CCCNC2)CC1. The van der Waals surface area contributed by atoms with Crippen LogP contribution in [-0.4, -0.2) is 42.1 Å². The van der Waals surface area contributed by atoms with Gasteiger partial charge in [-0.1, -0.05) is 11.6 Å². The number of nitrogens with zero attached hydrogens (tertiary/aromatic N) is 2. The quantitative estimate of drug-likeness (QED) is 0.888. The molecule has 7 heteroatoms. The van der Waals surface area contributed by atoms with E-state index < -0.39 is 0 Å². The van der Waals surface area contributed by atoms with Crippen LogP contribution in [0.15, 0.2) is 6.20 Å². The monoisotopic (exact) mass is 342 g/mol. The van der Waals surface area contributed by atoms with Gasteiger partial charge in [0.05, 0.1) is 12.7 Å². The zero-order valence-electron chi connectivity index (χ0n) is 12.7. The topological polar surface area (TPSA) is 57.3 Å². The first-order valence-electron chi connectivity index (χ1n) is 8.06. The highest BCUT2D eigenvalue weighted by atomic mass is 35.5. The van der Waals surface area contributed by atoms with Gasteiger partial charge in [-0.05, 0) is 50.6 Å². The summed E-state index contributed by atoms with van der Waals surface area (Å²) >= 11 is 7.25. The lowest BCUT2D eigenvalue weighted by Crippen LogP contribution is -2.46. The summed E-state index contributed by atoms with van der Waals surface area (Å²) in [7, 11) is 0. The summed E-state index contributed by atoms with van der Waals surface area (Å²) in [5.41, 5.74) is 0. The van der Waals surface area contributed by atoms with Gasteiger partial charge in [0.1, 0.15) is 9.34 Å². The van der Waals surface area contributed by atoms with Gasteiger partial charge in [0.15, 0.2) is 0 Å². The lowest BCUT2D eigenvalue weighted by molar-refractivity contribution is 0.139. The summed E-state index contributed by atoms with van der Waals surface area (Å²) in [5.74, 6) is 1.58. The van der Waals surface area contributed by atoms with Gasteiger partial charge in [-0.15, -0.1) is 11.3 Å². The number of carbonyl (C=O) groups excluding carboxylic acids is 1. The van der Waals surface area contributed by atoms with Crippen molar-refractivity contribution in [3.05, 3.63) is 15.5 Å². The van der Waals surface area contributed by atoms with E-state index >= 15 is 0 Å². The van der Waals surface area contributed by atoms with Crippen LogP contribution in [-0.2, 0) is 6.54 Å². The summed E-state index contributed by atoms with van der Waals surface area (Å²) in [6.07, 6.45) is 6.51. The van der Waals surface area contributed by atoms with E-state index in [1.807, 2.05) is 4.90 Å². The average Bonchev–Trinajstić information content (AvgIpc) is 2.99. The fourth-order valence-electron chi connectivity index (χ4n) is 3.49. The Bertz CT molecular complexity index is 495. The van der Waals surface area contributed by atoms with Gasteiger partial charge >= 0.3 is 6.03 Å². The van der Waals surface area contributed by atoms with Crippen LogP contribution >= 0.6 is 22.9 Å². The van der Waals surface area contributed by atoms with Crippen molar-refractivity contribution in [2.24, 2.45) is 11.8 Å². The van der Waals surface area contributed by atoms with Crippen molar-refractivity contribution in [2.45, 2.75) is 32.2 Å². The predicted molar refractivity (Wildman–Crippen MR) is 89.3 cm³/mol. The van der Waals surface area contributed by atoms with Gasteiger partial charge < -0.3 is 15.5 Å². The third-order valence-electron chi connectivity index (χ3n) is 4.74. The fraction of sp³-hybridized carbons (Fsp3) is 0.733. The molecule has 0 aliphatic carbocycles. The number of hydrogen-bond donors (Lipinski definition) is 2. The molecule has 2 aliphatic heterocycles. The molecule has 1 atom stereocenters. The lowest BCUT2D eigenvalue weighted by Gasteiger charge is -2.37. The molecule has 22 heavy (non-hydrogen) atoms. The van der Waals surface area contributed by atoms with E-state index in [9.17, 15) is 4.79 Å². The number of urea groups is 1. The minimum Gasteiger partial charge on any atom is -0.331 e. The number of rotatable bonds is 3. The van der Waals surface area contributed by atoms with Crippen molar-refractivity contribution in [1.29, 1.82) is 0 Å². The molecular weight excluding hydrogens is 320 g/mol. The normalized spacial score (nSPS) is 23.5. The van der Waals surface area contributed by atoms with E-state index in [2.05, 4.69) is 15.6 Å². The summed E-state index contributed by atoms with van der Waals surface area (Å²) in [6, 6.07) is 0.0199. The first kappa shape index (κ1) is 16.0. The molecule has 2 N–H and O–H groups in total. The Morgan fingerprint density at radius 1 is 1.41 bits per heavy atom. The minimum absolute atomic E-state index is 0.0199. The second-order valence-electron chi connectivity index (χ2n) is 6.15. The third kappa shape index (κ3) is 4.12. The minimum atomic E-state index is 0.0199. The van der Waals surface area contributed by atoms with Crippen LogP contribution in [0.25, 0.3) is 0 Å². The van der Waals surface area contributed by atoms with E-state index in [-0.39, 0.29) is 6.03 Å². The zero-order chi connectivity index (χ0) is 15.4. The molecule has 122 valence electrons. The molecule has 0 bridgehead atoms. The maximum absolute atomic E-state index is 12.2. The molecule has 2 saturated heterocycles. The number of carbonyl (C=O) groups is 1. The Morgan fingerprint density at radius 2 is 2.23 bits per heavy atom. The van der Waals surface area contributed by atoms with Gasteiger partial charge in [0.2, 0.25) is 0 Å². The molecule has 1 unspecified atom stereocenters. The van der Waals surface area contributed by atoms with Crippen LogP contribution in [0.3, 0.4) is 0 Å². The molecule has 1 aromatic rings. The second-order valence-corrected chi connectivity index (χ2v) is 7.89. The summed E-state index contributed by atoms with van der Waals surface area (Å²) < 4.78 is 0.658. The summed E-state index contributed by atoms with van der Waals surface area (Å²) in [5, 5.41) is 7.29. The molecule has 2 amide bonds. The van der Waals surface area contributed by atoms with E-state index in [0.29, 0.717) is 10.9 Å². The average molecular weight is 343 g/mol. The number of piperidine rings is 2. The van der Waals surface area contributed by atoms with Crippen molar-refractivity contribution in [1.82, 2.24) is 20.5 Å². The van der Waals surface area contributed by atoms with E-state index in [1.54, 1.807) is 6.20 Å². The van der Waals surface area contributed by atoms with Crippen LogP contribution in [0.1, 0.15) is 30.7 Å². The molecule has 0 spiro atoms. The van der Waals surface area contributed by atoms with Crippen LogP contribution < -0.4 is 10.6 Å². The molecule has 2 aliphatic rings. The van der Waals surface area contributed by atoms with Crippen molar-refractivity contribution >= 4 is 29.0 Å². The van der Waals surface area contributed by atoms with Crippen molar-refractivity contribution in [3.63, 3.8) is 0 Å². The number of likely N-dealkylation sites (tertiary alicyclic amines) is 1. The van der Waals surface area contributed by atoms with E-state index in [1.165, 1.54) is 30.7 Å². The summed E-state index contributed by atoms with van der Waals surface area (Å²) in [6.45, 7) is 4.51. The van der Waals surface area contributed by atoms with Crippen LogP contribution in [0.2, 0.25) is 4.34 Å². The highest BCUT2D eigenvalue weighted by Gasteiger charge is 2.29. The Balaban J connectivity index is 1.41. The molecule has 5 nitrogen and oxygen atoms in total. The second kappa shape index (κ2) is 7.62. The van der Waals surface area contributed by atoms with E-state index in [0.717, 1.165) is 49.3 Å². The molecule has 1 aromatic heterocycles. The van der Waals surface area contributed by atoms with Crippen molar-refractivity contribution < 1.29 is 4.79 Å².